The zero-order chi connectivity index (χ0) is 24.1. The van der Waals surface area contributed by atoms with Gasteiger partial charge in [0, 0.05) is 30.2 Å². The highest BCUT2D eigenvalue weighted by atomic mass is 16.5. The summed E-state index contributed by atoms with van der Waals surface area (Å²) in [5.41, 5.74) is 2.75. The number of aromatic hydroxyl groups is 1. The highest BCUT2D eigenvalue weighted by Crippen LogP contribution is 2.36. The monoisotopic (exact) mass is 463 g/mol. The van der Waals surface area contributed by atoms with E-state index in [-0.39, 0.29) is 35.7 Å². The van der Waals surface area contributed by atoms with Crippen molar-refractivity contribution in [2.24, 2.45) is 0 Å². The number of hydrogen-bond acceptors (Lipinski definition) is 7. The number of aryl methyl sites for hydroxylation is 1. The average molecular weight is 464 g/mol. The largest absolute Gasteiger partial charge is 0.507 e. The third-order valence-electron chi connectivity index (χ3n) is 6.14. The number of phenolic OH excluding ortho intramolecular Hbond substituents is 1. The first-order valence-corrected chi connectivity index (χ1v) is 11.5. The molecule has 0 bridgehead atoms. The van der Waals surface area contributed by atoms with Gasteiger partial charge in [0.2, 0.25) is 11.8 Å². The third kappa shape index (κ3) is 5.59. The topological polar surface area (TPSA) is 130 Å². The van der Waals surface area contributed by atoms with Crippen LogP contribution in [0, 0.1) is 0 Å². The molecule has 3 aromatic rings. The van der Waals surface area contributed by atoms with E-state index in [1.54, 1.807) is 12.1 Å². The summed E-state index contributed by atoms with van der Waals surface area (Å²) in [4.78, 5) is 23.6. The summed E-state index contributed by atoms with van der Waals surface area (Å²) in [5, 5.41) is 28.2. The maximum Gasteiger partial charge on any atom is 0.233 e. The number of H-pyrrole nitrogens is 1. The van der Waals surface area contributed by atoms with Gasteiger partial charge in [0.1, 0.15) is 11.9 Å². The van der Waals surface area contributed by atoms with Crippen LogP contribution in [0.3, 0.4) is 0 Å². The summed E-state index contributed by atoms with van der Waals surface area (Å²) in [7, 11) is 0. The van der Waals surface area contributed by atoms with Crippen molar-refractivity contribution in [3.8, 4) is 11.6 Å². The fourth-order valence-electron chi connectivity index (χ4n) is 4.22. The van der Waals surface area contributed by atoms with Gasteiger partial charge in [-0.2, -0.15) is 10.2 Å². The van der Waals surface area contributed by atoms with Gasteiger partial charge in [-0.15, -0.1) is 5.10 Å². The number of anilines is 1. The molecule has 9 heteroatoms. The maximum atomic E-state index is 12.4. The number of nitrogens with zero attached hydrogens (tertiary/aromatic N) is 3. The number of hydrogen-bond donors (Lipinski definition) is 3. The van der Waals surface area contributed by atoms with Crippen molar-refractivity contribution < 1.29 is 19.4 Å². The first kappa shape index (κ1) is 23.4. The van der Waals surface area contributed by atoms with Crippen LogP contribution in [0.1, 0.15) is 78.7 Å². The van der Waals surface area contributed by atoms with Crippen LogP contribution < -0.4 is 10.1 Å². The van der Waals surface area contributed by atoms with E-state index in [0.29, 0.717) is 35.9 Å². The Morgan fingerprint density at radius 3 is 2.85 bits per heavy atom. The quantitative estimate of drug-likeness (QED) is 0.407. The first-order valence-electron chi connectivity index (χ1n) is 11.5. The lowest BCUT2D eigenvalue weighted by molar-refractivity contribution is -0.116. The van der Waals surface area contributed by atoms with Crippen LogP contribution in [0.2, 0.25) is 0 Å². The first-order chi connectivity index (χ1) is 16.4. The van der Waals surface area contributed by atoms with Gasteiger partial charge in [0.15, 0.2) is 12.1 Å². The summed E-state index contributed by atoms with van der Waals surface area (Å²) in [6.45, 7) is 4.15. The molecule has 1 aliphatic carbocycles. The number of amides is 1. The Kier molecular flexibility index (Phi) is 7.20. The summed E-state index contributed by atoms with van der Waals surface area (Å²) >= 11 is 0. The summed E-state index contributed by atoms with van der Waals surface area (Å²) < 4.78 is 6.01. The zero-order valence-electron chi connectivity index (χ0n) is 19.3. The molecule has 9 nitrogen and oxygen atoms in total. The summed E-state index contributed by atoms with van der Waals surface area (Å²) in [6.07, 6.45) is 3.85. The number of nitrogens with one attached hydrogen (secondary N) is 2. The van der Waals surface area contributed by atoms with E-state index in [4.69, 9.17) is 4.74 Å². The number of aromatic amines is 1. The van der Waals surface area contributed by atoms with Gasteiger partial charge in [-0.25, -0.2) is 0 Å². The van der Waals surface area contributed by atoms with E-state index in [1.165, 1.54) is 6.07 Å². The number of aldehydes is 1. The number of carbonyl (C=O) groups is 2. The van der Waals surface area contributed by atoms with Gasteiger partial charge in [0.25, 0.3) is 0 Å². The van der Waals surface area contributed by atoms with Gasteiger partial charge >= 0.3 is 0 Å². The van der Waals surface area contributed by atoms with Crippen molar-refractivity contribution >= 4 is 18.0 Å². The molecule has 1 aliphatic rings. The molecular formula is C25H29N5O4. The van der Waals surface area contributed by atoms with Crippen LogP contribution in [0.5, 0.6) is 11.6 Å². The summed E-state index contributed by atoms with van der Waals surface area (Å²) in [5.74, 6) is 1.29. The molecule has 178 valence electrons. The van der Waals surface area contributed by atoms with Crippen LogP contribution in [-0.4, -0.2) is 43.8 Å². The number of aromatic nitrogens is 4. The summed E-state index contributed by atoms with van der Waals surface area (Å²) in [6, 6.07) is 10.5. The molecule has 0 saturated heterocycles. The van der Waals surface area contributed by atoms with Crippen LogP contribution in [0.15, 0.2) is 36.4 Å². The SMILES string of the molecule is CC(C)c1ccc(OC2CCC(c3cc(NC(=O)CCc4cccc(O)c4C=O)n[nH]3)C2)nn1. The van der Waals surface area contributed by atoms with Crippen molar-refractivity contribution in [3.05, 3.63) is 58.9 Å². The van der Waals surface area contributed by atoms with E-state index in [0.717, 1.165) is 30.7 Å². The smallest absolute Gasteiger partial charge is 0.233 e. The molecule has 2 aromatic heterocycles. The number of benzene rings is 1. The molecule has 1 saturated carbocycles. The minimum absolute atomic E-state index is 0.0554. The molecule has 0 radical (unpaired) electrons. The van der Waals surface area contributed by atoms with E-state index >= 15 is 0 Å². The molecule has 1 aromatic carbocycles. The second-order valence-corrected chi connectivity index (χ2v) is 8.93. The molecule has 3 N–H and O–H groups in total. The van der Waals surface area contributed by atoms with Crippen LogP contribution in [-0.2, 0) is 11.2 Å². The molecule has 0 aliphatic heterocycles. The van der Waals surface area contributed by atoms with Crippen molar-refractivity contribution in [2.45, 2.75) is 63.9 Å². The van der Waals surface area contributed by atoms with Gasteiger partial charge < -0.3 is 15.2 Å². The van der Waals surface area contributed by atoms with E-state index < -0.39 is 0 Å². The Balaban J connectivity index is 1.27. The molecule has 0 spiro atoms. The fraction of sp³-hybridized carbons (Fsp3) is 0.400. The van der Waals surface area contributed by atoms with E-state index in [1.807, 2.05) is 18.2 Å². The van der Waals surface area contributed by atoms with E-state index in [9.17, 15) is 14.7 Å². The Morgan fingerprint density at radius 1 is 1.26 bits per heavy atom. The van der Waals surface area contributed by atoms with Crippen molar-refractivity contribution in [2.75, 3.05) is 5.32 Å². The molecule has 34 heavy (non-hydrogen) atoms. The Labute approximate surface area is 198 Å². The maximum absolute atomic E-state index is 12.4. The van der Waals surface area contributed by atoms with E-state index in [2.05, 4.69) is 39.6 Å². The number of carbonyl (C=O) groups excluding carboxylic acids is 2. The minimum atomic E-state index is -0.214. The van der Waals surface area contributed by atoms with Gasteiger partial charge in [-0.3, -0.25) is 14.7 Å². The minimum Gasteiger partial charge on any atom is -0.507 e. The third-order valence-corrected chi connectivity index (χ3v) is 6.14. The fourth-order valence-corrected chi connectivity index (χ4v) is 4.22. The standard InChI is InChI=1S/C25H29N5O4/c1-15(2)20-9-11-25(30-27-20)34-18-8-6-17(12-18)21-13-23(29-28-21)26-24(33)10-7-16-4-3-5-22(32)19(16)14-31/h3-5,9,11,13-15,17-18,32H,6-8,10,12H2,1-2H3,(H2,26,28,29,33). The highest BCUT2D eigenvalue weighted by molar-refractivity contribution is 5.90. The zero-order valence-corrected chi connectivity index (χ0v) is 19.3. The molecule has 1 amide bonds. The molecule has 1 fully saturated rings. The molecule has 2 atom stereocenters. The average Bonchev–Trinajstić information content (AvgIpc) is 3.47. The molecule has 4 rings (SSSR count). The van der Waals surface area contributed by atoms with Crippen molar-refractivity contribution in [3.63, 3.8) is 0 Å². The highest BCUT2D eigenvalue weighted by Gasteiger charge is 2.29. The van der Waals surface area contributed by atoms with Crippen molar-refractivity contribution in [1.82, 2.24) is 20.4 Å². The van der Waals surface area contributed by atoms with Crippen molar-refractivity contribution in [1.29, 1.82) is 0 Å². The van der Waals surface area contributed by atoms with Crippen LogP contribution >= 0.6 is 0 Å². The van der Waals surface area contributed by atoms with Gasteiger partial charge in [0.05, 0.1) is 11.3 Å². The number of ether oxygens (including phenoxy) is 1. The Morgan fingerprint density at radius 2 is 2.12 bits per heavy atom. The second kappa shape index (κ2) is 10.5. The van der Waals surface area contributed by atoms with Crippen LogP contribution in [0.25, 0.3) is 0 Å². The second-order valence-electron chi connectivity index (χ2n) is 8.93. The lowest BCUT2D eigenvalue weighted by Gasteiger charge is -2.13. The number of phenols is 1. The van der Waals surface area contributed by atoms with Crippen LogP contribution in [0.4, 0.5) is 5.82 Å². The molecular weight excluding hydrogens is 434 g/mol. The lowest BCUT2D eigenvalue weighted by atomic mass is 10.0. The normalized spacial score (nSPS) is 17.6. The molecule has 2 heterocycles. The lowest BCUT2D eigenvalue weighted by Crippen LogP contribution is -2.13. The number of rotatable bonds is 9. The van der Waals surface area contributed by atoms with Gasteiger partial charge in [-0.1, -0.05) is 26.0 Å². The predicted octanol–water partition coefficient (Wildman–Crippen LogP) is 4.13. The van der Waals surface area contributed by atoms with Gasteiger partial charge in [-0.05, 0) is 49.3 Å². The Hall–Kier alpha value is -3.75. The Bertz CT molecular complexity index is 1140. The predicted molar refractivity (Wildman–Crippen MR) is 126 cm³/mol. The molecule has 2 unspecified atom stereocenters.